The summed E-state index contributed by atoms with van der Waals surface area (Å²) in [4.78, 5) is 63.3. The van der Waals surface area contributed by atoms with Crippen molar-refractivity contribution in [3.63, 3.8) is 0 Å². The molecule has 0 fully saturated rings. The molecule has 10 aromatic rings. The van der Waals surface area contributed by atoms with Crippen LogP contribution in [0, 0.1) is 11.6 Å². The molecule has 2 N–H and O–H groups in total. The lowest BCUT2D eigenvalue weighted by atomic mass is 9.99. The molecule has 2 aromatic carbocycles. The zero-order chi connectivity index (χ0) is 49.3. The number of aromatic nitrogens is 8. The van der Waals surface area contributed by atoms with Crippen molar-refractivity contribution in [1.29, 1.82) is 0 Å². The maximum Gasteiger partial charge on any atom is 0.253 e. The van der Waals surface area contributed by atoms with Crippen LogP contribution in [-0.4, -0.2) is 119 Å². The van der Waals surface area contributed by atoms with Crippen molar-refractivity contribution < 1.29 is 18.4 Å². The third-order valence-electron chi connectivity index (χ3n) is 12.8. The molecule has 0 radical (unpaired) electrons. The van der Waals surface area contributed by atoms with Crippen molar-refractivity contribution in [1.82, 2.24) is 59.5 Å². The fourth-order valence-corrected chi connectivity index (χ4v) is 9.30. The van der Waals surface area contributed by atoms with Gasteiger partial charge in [0.1, 0.15) is 22.9 Å². The van der Waals surface area contributed by atoms with Crippen LogP contribution in [0.5, 0.6) is 0 Å². The number of aromatic amines is 1. The summed E-state index contributed by atoms with van der Waals surface area (Å²) >= 11 is 0. The van der Waals surface area contributed by atoms with Gasteiger partial charge in [0.25, 0.3) is 11.8 Å². The molecule has 71 heavy (non-hydrogen) atoms. The fourth-order valence-electron chi connectivity index (χ4n) is 9.30. The molecule has 0 saturated heterocycles. The Hall–Kier alpha value is -8.34. The second-order valence-electron chi connectivity index (χ2n) is 18.0. The fraction of sp³-hybridized carbons (Fsp3) is 0.200. The normalized spacial score (nSPS) is 12.2. The Labute approximate surface area is 408 Å². The van der Waals surface area contributed by atoms with E-state index in [9.17, 15) is 9.59 Å². The van der Waals surface area contributed by atoms with Crippen LogP contribution in [0.3, 0.4) is 0 Å². The number of nitrogens with one attached hydrogen (secondary N) is 2. The van der Waals surface area contributed by atoms with Crippen molar-refractivity contribution in [3.8, 4) is 44.8 Å². The van der Waals surface area contributed by atoms with Crippen LogP contribution in [0.25, 0.3) is 88.6 Å². The highest BCUT2D eigenvalue weighted by molar-refractivity contribution is 6.15. The maximum absolute atomic E-state index is 16.3. The number of likely N-dealkylation sites (N-methyl/N-ethyl adjacent to an activating group) is 3. The molecule has 8 aromatic heterocycles. The summed E-state index contributed by atoms with van der Waals surface area (Å²) in [6, 6.07) is 25.0. The summed E-state index contributed by atoms with van der Waals surface area (Å²) in [7, 11) is 5.89. The van der Waals surface area contributed by atoms with Gasteiger partial charge in [0, 0.05) is 112 Å². The second kappa shape index (κ2) is 19.6. The molecule has 10 rings (SSSR count). The molecule has 0 saturated carbocycles. The van der Waals surface area contributed by atoms with Gasteiger partial charge < -0.3 is 24.7 Å². The van der Waals surface area contributed by atoms with E-state index in [4.69, 9.17) is 4.98 Å². The minimum absolute atomic E-state index is 0.0867. The molecule has 1 atom stereocenters. The van der Waals surface area contributed by atoms with Gasteiger partial charge in [-0.25, -0.2) is 18.7 Å². The summed E-state index contributed by atoms with van der Waals surface area (Å²) < 4.78 is 34.1. The molecule has 356 valence electrons. The third kappa shape index (κ3) is 9.18. The number of pyridine rings is 6. The van der Waals surface area contributed by atoms with Crippen molar-refractivity contribution in [2.75, 3.05) is 47.3 Å². The van der Waals surface area contributed by atoms with E-state index >= 15 is 8.78 Å². The SMILES string of the molecule is CCN(CCN(C)C)C(=O)c1ccc(-c2c(F)cnc3c2c2cc(-c4cccnc4)ncc2n3CN(C)CC(C)NC(=O)c2ccc(-c3c(F)cnc4[nH]c5cnc(-c6cccnc6)cc5c34)cc2)cc1. The number of rotatable bonds is 15. The van der Waals surface area contributed by atoms with E-state index < -0.39 is 11.6 Å². The van der Waals surface area contributed by atoms with Crippen molar-refractivity contribution in [2.45, 2.75) is 26.6 Å². The van der Waals surface area contributed by atoms with Crippen LogP contribution in [-0.2, 0) is 6.67 Å². The first-order valence-corrected chi connectivity index (χ1v) is 23.3. The predicted molar refractivity (Wildman–Crippen MR) is 273 cm³/mol. The Bertz CT molecular complexity index is 3580. The van der Waals surface area contributed by atoms with Crippen LogP contribution < -0.4 is 5.32 Å². The number of carbonyl (C=O) groups is 2. The molecule has 0 aliphatic carbocycles. The first-order chi connectivity index (χ1) is 34.4. The molecule has 0 bridgehead atoms. The van der Waals surface area contributed by atoms with E-state index in [0.717, 1.165) is 34.0 Å². The number of benzene rings is 2. The van der Waals surface area contributed by atoms with Gasteiger partial charge in [0.2, 0.25) is 0 Å². The van der Waals surface area contributed by atoms with Gasteiger partial charge in [-0.05, 0) is 107 Å². The molecule has 16 heteroatoms. The first-order valence-electron chi connectivity index (χ1n) is 23.3. The molecule has 2 amide bonds. The molecule has 0 aliphatic heterocycles. The standard InChI is InChI=1S/C55H50F2N12O2/c1-6-68(22-21-66(3)4)55(71)37-17-13-35(14-18-37)49-43(57)28-63-53-51(49)41-24-45(39-10-8-20-59-26-39)61-30-47(41)69(53)32-67(5)31-33(2)64-54(70)36-15-11-34(12-16-36)48-42(56)27-62-52-50(48)40-23-44(60-29-46(40)65-52)38-9-7-19-58-25-38/h7-20,23-30,33H,6,21-22,31-32H2,1-5H3,(H,62,65)(H,64,70). The average molecular weight is 949 g/mol. The van der Waals surface area contributed by atoms with Crippen molar-refractivity contribution in [2.24, 2.45) is 0 Å². The van der Waals surface area contributed by atoms with Crippen LogP contribution in [0.1, 0.15) is 34.6 Å². The molecule has 0 spiro atoms. The Morgan fingerprint density at radius 2 is 1.30 bits per heavy atom. The lowest BCUT2D eigenvalue weighted by Gasteiger charge is -2.23. The number of hydrogen-bond donors (Lipinski definition) is 2. The Balaban J connectivity index is 0.902. The number of halogens is 2. The topological polar surface area (TPSA) is 154 Å². The number of hydrogen-bond acceptors (Lipinski definition) is 10. The zero-order valence-corrected chi connectivity index (χ0v) is 39.9. The van der Waals surface area contributed by atoms with Gasteiger partial charge in [-0.2, -0.15) is 0 Å². The Kier molecular flexibility index (Phi) is 12.8. The summed E-state index contributed by atoms with van der Waals surface area (Å²) in [6.45, 7) is 6.54. The number of nitrogens with zero attached hydrogens (tertiary/aromatic N) is 10. The molecule has 1 unspecified atom stereocenters. The molecule has 0 aliphatic rings. The molecular formula is C55H50F2N12O2. The van der Waals surface area contributed by atoms with E-state index in [1.54, 1.807) is 90.6 Å². The van der Waals surface area contributed by atoms with Gasteiger partial charge in [-0.1, -0.05) is 24.3 Å². The van der Waals surface area contributed by atoms with E-state index in [0.29, 0.717) is 98.7 Å². The lowest BCUT2D eigenvalue weighted by molar-refractivity contribution is 0.0754. The van der Waals surface area contributed by atoms with Gasteiger partial charge in [0.05, 0.1) is 53.9 Å². The van der Waals surface area contributed by atoms with Crippen molar-refractivity contribution >= 4 is 55.7 Å². The highest BCUT2D eigenvalue weighted by Gasteiger charge is 2.24. The third-order valence-corrected chi connectivity index (χ3v) is 12.8. The molecular weight excluding hydrogens is 899 g/mol. The molecule has 8 heterocycles. The highest BCUT2D eigenvalue weighted by atomic mass is 19.1. The second-order valence-corrected chi connectivity index (χ2v) is 18.0. The maximum atomic E-state index is 16.3. The van der Waals surface area contributed by atoms with Crippen LogP contribution >= 0.6 is 0 Å². The van der Waals surface area contributed by atoms with E-state index in [-0.39, 0.29) is 17.9 Å². The predicted octanol–water partition coefficient (Wildman–Crippen LogP) is 9.48. The number of H-pyrrole nitrogens is 1. The largest absolute Gasteiger partial charge is 0.348 e. The smallest absolute Gasteiger partial charge is 0.253 e. The van der Waals surface area contributed by atoms with Gasteiger partial charge >= 0.3 is 0 Å². The van der Waals surface area contributed by atoms with E-state index in [2.05, 4.69) is 40.1 Å². The van der Waals surface area contributed by atoms with Crippen molar-refractivity contribution in [3.05, 3.63) is 157 Å². The highest BCUT2D eigenvalue weighted by Crippen LogP contribution is 2.40. The summed E-state index contributed by atoms with van der Waals surface area (Å²) in [5.41, 5.74) is 8.37. The Morgan fingerprint density at radius 1 is 0.690 bits per heavy atom. The van der Waals surface area contributed by atoms with Crippen LogP contribution in [0.15, 0.2) is 135 Å². The lowest BCUT2D eigenvalue weighted by Crippen LogP contribution is -2.41. The van der Waals surface area contributed by atoms with Gasteiger partial charge in [0.15, 0.2) is 0 Å². The monoisotopic (exact) mass is 948 g/mol. The van der Waals surface area contributed by atoms with Crippen LogP contribution in [0.2, 0.25) is 0 Å². The zero-order valence-electron chi connectivity index (χ0n) is 39.9. The summed E-state index contributed by atoms with van der Waals surface area (Å²) in [5.74, 6) is -1.36. The minimum atomic E-state index is -0.501. The molecule has 14 nitrogen and oxygen atoms in total. The van der Waals surface area contributed by atoms with Crippen LogP contribution in [0.4, 0.5) is 8.78 Å². The Morgan fingerprint density at radius 3 is 1.92 bits per heavy atom. The van der Waals surface area contributed by atoms with E-state index in [1.807, 2.05) is 80.9 Å². The summed E-state index contributed by atoms with van der Waals surface area (Å²) in [6.07, 6.45) is 12.8. The summed E-state index contributed by atoms with van der Waals surface area (Å²) in [5, 5.41) is 5.85. The number of carbonyl (C=O) groups excluding carboxylic acids is 2. The van der Waals surface area contributed by atoms with Gasteiger partial charge in [-0.3, -0.25) is 34.4 Å². The van der Waals surface area contributed by atoms with Gasteiger partial charge in [-0.15, -0.1) is 0 Å². The average Bonchev–Trinajstić information content (AvgIpc) is 3.91. The van der Waals surface area contributed by atoms with E-state index in [1.165, 1.54) is 12.4 Å². The quantitative estimate of drug-likeness (QED) is 0.102. The first kappa shape index (κ1) is 46.4. The number of amides is 2. The number of fused-ring (bicyclic) bond motifs is 6. The minimum Gasteiger partial charge on any atom is -0.348 e.